The summed E-state index contributed by atoms with van der Waals surface area (Å²) in [6, 6.07) is 13.6. The first kappa shape index (κ1) is 21.7. The lowest BCUT2D eigenvalue weighted by atomic mass is 10.1. The van der Waals surface area contributed by atoms with E-state index in [0.29, 0.717) is 36.8 Å². The highest BCUT2D eigenvalue weighted by Gasteiger charge is 2.19. The summed E-state index contributed by atoms with van der Waals surface area (Å²) in [6.45, 7) is 5.78. The quantitative estimate of drug-likeness (QED) is 0.607. The minimum atomic E-state index is -0.153. The fraction of sp³-hybridized carbons (Fsp3) is 0.360. The van der Waals surface area contributed by atoms with Gasteiger partial charge < -0.3 is 19.5 Å². The molecule has 0 aliphatic carbocycles. The van der Waals surface area contributed by atoms with Gasteiger partial charge in [0.25, 0.3) is 5.91 Å². The molecule has 0 unspecified atom stereocenters. The van der Waals surface area contributed by atoms with E-state index in [1.54, 1.807) is 10.9 Å². The number of rotatable bonds is 7. The van der Waals surface area contributed by atoms with E-state index in [1.165, 1.54) is 0 Å². The highest BCUT2D eigenvalue weighted by molar-refractivity contribution is 5.99. The van der Waals surface area contributed by atoms with E-state index in [9.17, 15) is 4.79 Å². The Morgan fingerprint density at radius 2 is 1.88 bits per heavy atom. The first-order valence-corrected chi connectivity index (χ1v) is 11.0. The van der Waals surface area contributed by atoms with Crippen molar-refractivity contribution in [3.63, 3.8) is 0 Å². The molecule has 1 aliphatic heterocycles. The molecule has 0 saturated heterocycles. The molecule has 1 aliphatic rings. The van der Waals surface area contributed by atoms with Crippen LogP contribution in [0.4, 0.5) is 0 Å². The number of carbonyl (C=O) groups excluding carboxylic acids is 1. The Labute approximate surface area is 188 Å². The molecular weight excluding hydrogens is 406 g/mol. The fourth-order valence-electron chi connectivity index (χ4n) is 3.60. The first-order valence-electron chi connectivity index (χ1n) is 11.0. The van der Waals surface area contributed by atoms with Gasteiger partial charge in [-0.3, -0.25) is 9.48 Å². The van der Waals surface area contributed by atoms with Crippen molar-refractivity contribution in [3.05, 3.63) is 59.8 Å². The van der Waals surface area contributed by atoms with Crippen molar-refractivity contribution >= 4 is 5.91 Å². The van der Waals surface area contributed by atoms with Crippen LogP contribution in [0.3, 0.4) is 0 Å². The molecule has 0 atom stereocenters. The molecule has 3 aromatic rings. The zero-order valence-corrected chi connectivity index (χ0v) is 18.8. The second-order valence-corrected chi connectivity index (χ2v) is 8.09. The van der Waals surface area contributed by atoms with Gasteiger partial charge in [0.2, 0.25) is 0 Å². The highest BCUT2D eigenvalue weighted by atomic mass is 16.5. The summed E-state index contributed by atoms with van der Waals surface area (Å²) < 4.78 is 18.8. The minimum absolute atomic E-state index is 0.146. The molecular formula is C25H29N3O4. The monoisotopic (exact) mass is 435 g/mol. The summed E-state index contributed by atoms with van der Waals surface area (Å²) in [5.74, 6) is 2.10. The lowest BCUT2D eigenvalue weighted by Crippen LogP contribution is -2.25. The lowest BCUT2D eigenvalue weighted by molar-refractivity contribution is 0.0954. The third-order valence-electron chi connectivity index (χ3n) is 5.09. The van der Waals surface area contributed by atoms with Crippen LogP contribution in [0.1, 0.15) is 36.2 Å². The maximum Gasteiger partial charge on any atom is 0.255 e. The molecule has 0 spiro atoms. The Bertz CT molecular complexity index is 1070. The highest BCUT2D eigenvalue weighted by Crippen LogP contribution is 2.34. The van der Waals surface area contributed by atoms with Crippen molar-refractivity contribution in [2.75, 3.05) is 19.8 Å². The van der Waals surface area contributed by atoms with E-state index in [-0.39, 0.29) is 12.0 Å². The molecule has 2 heterocycles. The number of nitrogens with one attached hydrogen (secondary N) is 1. The molecule has 0 radical (unpaired) electrons. The Kier molecular flexibility index (Phi) is 6.63. The first-order chi connectivity index (χ1) is 15.5. The number of hydrogen-bond donors (Lipinski definition) is 1. The average Bonchev–Trinajstić information content (AvgIpc) is 3.01. The van der Waals surface area contributed by atoms with Crippen LogP contribution in [-0.4, -0.2) is 41.6 Å². The molecule has 32 heavy (non-hydrogen) atoms. The van der Waals surface area contributed by atoms with Gasteiger partial charge in [0.05, 0.1) is 24.9 Å². The number of aryl methyl sites for hydroxylation is 1. The number of aromatic nitrogens is 2. The smallest absolute Gasteiger partial charge is 0.255 e. The van der Waals surface area contributed by atoms with Gasteiger partial charge in [-0.05, 0) is 56.2 Å². The molecule has 1 N–H and O–H groups in total. The van der Waals surface area contributed by atoms with Crippen molar-refractivity contribution in [3.8, 4) is 28.5 Å². The van der Waals surface area contributed by atoms with Gasteiger partial charge in [-0.15, -0.1) is 0 Å². The van der Waals surface area contributed by atoms with E-state index < -0.39 is 0 Å². The maximum atomic E-state index is 12.9. The van der Waals surface area contributed by atoms with Crippen molar-refractivity contribution in [2.45, 2.75) is 32.8 Å². The van der Waals surface area contributed by atoms with Crippen molar-refractivity contribution in [1.29, 1.82) is 0 Å². The van der Waals surface area contributed by atoms with Crippen LogP contribution in [0.15, 0.2) is 48.7 Å². The number of fused-ring (bicyclic) bond motifs is 1. The Morgan fingerprint density at radius 1 is 1.12 bits per heavy atom. The third kappa shape index (κ3) is 5.22. The molecule has 7 nitrogen and oxygen atoms in total. The molecule has 168 valence electrons. The summed E-state index contributed by atoms with van der Waals surface area (Å²) in [5, 5.41) is 7.53. The standard InChI is InChI=1S/C25H29N3O4/c1-17(2)32-20-8-5-18(6-9-20)11-12-26-25(29)21-16-28(3)27-24(21)19-7-10-22-23(15-19)31-14-4-13-30-22/h5-10,15-17H,4,11-14H2,1-3H3,(H,26,29). The molecule has 1 aromatic heterocycles. The van der Waals surface area contributed by atoms with E-state index in [2.05, 4.69) is 10.4 Å². The fourth-order valence-corrected chi connectivity index (χ4v) is 3.60. The summed E-state index contributed by atoms with van der Waals surface area (Å²) >= 11 is 0. The Balaban J connectivity index is 1.42. The molecule has 0 saturated carbocycles. The van der Waals surface area contributed by atoms with Gasteiger partial charge in [-0.25, -0.2) is 0 Å². The van der Waals surface area contributed by atoms with Gasteiger partial charge in [0.15, 0.2) is 11.5 Å². The van der Waals surface area contributed by atoms with E-state index >= 15 is 0 Å². The molecule has 0 bridgehead atoms. The van der Waals surface area contributed by atoms with Gasteiger partial charge in [0.1, 0.15) is 11.4 Å². The predicted octanol–water partition coefficient (Wildman–Crippen LogP) is 4.01. The minimum Gasteiger partial charge on any atom is -0.491 e. The van der Waals surface area contributed by atoms with Gasteiger partial charge in [-0.2, -0.15) is 5.10 Å². The van der Waals surface area contributed by atoms with E-state index in [1.807, 2.05) is 63.4 Å². The van der Waals surface area contributed by atoms with Gasteiger partial charge in [-0.1, -0.05) is 12.1 Å². The molecule has 2 aromatic carbocycles. The number of benzene rings is 2. The summed E-state index contributed by atoms with van der Waals surface area (Å²) in [6.07, 6.45) is 3.46. The van der Waals surface area contributed by atoms with E-state index in [0.717, 1.165) is 35.5 Å². The van der Waals surface area contributed by atoms with Crippen LogP contribution < -0.4 is 19.5 Å². The van der Waals surface area contributed by atoms with Crippen LogP contribution in [0.2, 0.25) is 0 Å². The zero-order valence-electron chi connectivity index (χ0n) is 18.8. The van der Waals surface area contributed by atoms with Crippen LogP contribution in [0.25, 0.3) is 11.3 Å². The number of ether oxygens (including phenoxy) is 3. The normalized spacial score (nSPS) is 13.0. The number of amides is 1. The molecule has 0 fully saturated rings. The van der Waals surface area contributed by atoms with Crippen molar-refractivity contribution < 1.29 is 19.0 Å². The second-order valence-electron chi connectivity index (χ2n) is 8.09. The number of nitrogens with zero attached hydrogens (tertiary/aromatic N) is 2. The predicted molar refractivity (Wildman–Crippen MR) is 122 cm³/mol. The molecule has 4 rings (SSSR count). The van der Waals surface area contributed by atoms with Crippen LogP contribution in [0.5, 0.6) is 17.2 Å². The largest absolute Gasteiger partial charge is 0.491 e. The second kappa shape index (κ2) is 9.77. The zero-order chi connectivity index (χ0) is 22.5. The summed E-state index contributed by atoms with van der Waals surface area (Å²) in [7, 11) is 1.81. The summed E-state index contributed by atoms with van der Waals surface area (Å²) in [5.41, 5.74) is 3.11. The topological polar surface area (TPSA) is 74.6 Å². The molecule has 7 heteroatoms. The third-order valence-corrected chi connectivity index (χ3v) is 5.09. The van der Waals surface area contributed by atoms with Crippen molar-refractivity contribution in [2.24, 2.45) is 7.05 Å². The van der Waals surface area contributed by atoms with Crippen LogP contribution >= 0.6 is 0 Å². The molecule has 1 amide bonds. The van der Waals surface area contributed by atoms with Crippen LogP contribution in [0, 0.1) is 0 Å². The average molecular weight is 436 g/mol. The number of carbonyl (C=O) groups is 1. The van der Waals surface area contributed by atoms with Gasteiger partial charge in [0, 0.05) is 31.8 Å². The van der Waals surface area contributed by atoms with Gasteiger partial charge >= 0.3 is 0 Å². The Morgan fingerprint density at radius 3 is 2.62 bits per heavy atom. The lowest BCUT2D eigenvalue weighted by Gasteiger charge is -2.11. The summed E-state index contributed by atoms with van der Waals surface area (Å²) in [4.78, 5) is 12.9. The number of hydrogen-bond acceptors (Lipinski definition) is 5. The maximum absolute atomic E-state index is 12.9. The van der Waals surface area contributed by atoms with Crippen molar-refractivity contribution in [1.82, 2.24) is 15.1 Å². The van der Waals surface area contributed by atoms with E-state index in [4.69, 9.17) is 14.2 Å². The SMILES string of the molecule is CC(C)Oc1ccc(CCNC(=O)c2cn(C)nc2-c2ccc3c(c2)OCCCO3)cc1. The Hall–Kier alpha value is -3.48. The van der Waals surface area contributed by atoms with Crippen LogP contribution in [-0.2, 0) is 13.5 Å².